The highest BCUT2D eigenvalue weighted by molar-refractivity contribution is 5.21. The van der Waals surface area contributed by atoms with E-state index in [2.05, 4.69) is 53.4 Å². The van der Waals surface area contributed by atoms with Crippen LogP contribution in [0.2, 0.25) is 0 Å². The lowest BCUT2D eigenvalue weighted by Gasteiger charge is -2.73. The van der Waals surface area contributed by atoms with Crippen LogP contribution in [-0.4, -0.2) is 44.1 Å². The van der Waals surface area contributed by atoms with Crippen molar-refractivity contribution in [2.45, 2.75) is 125 Å². The van der Waals surface area contributed by atoms with Gasteiger partial charge >= 0.3 is 0 Å². The fourth-order valence-corrected chi connectivity index (χ4v) is 12.5. The van der Waals surface area contributed by atoms with Gasteiger partial charge < -0.3 is 20.9 Å². The molecule has 0 saturated heterocycles. The molecule has 0 heterocycles. The minimum Gasteiger partial charge on any atom is -0.393 e. The van der Waals surface area contributed by atoms with Crippen molar-refractivity contribution in [1.82, 2.24) is 5.32 Å². The van der Waals surface area contributed by atoms with E-state index in [0.29, 0.717) is 33.5 Å². The smallest absolute Gasteiger partial charge is 0.0594 e. The van der Waals surface area contributed by atoms with Crippen LogP contribution in [0, 0.1) is 56.7 Å². The van der Waals surface area contributed by atoms with E-state index in [9.17, 15) is 5.11 Å². The number of aliphatic hydroxyl groups excluding tert-OH is 1. The maximum Gasteiger partial charge on any atom is 0.0594 e. The summed E-state index contributed by atoms with van der Waals surface area (Å²) in [6.45, 7) is 24.4. The van der Waals surface area contributed by atoms with Crippen LogP contribution in [0.5, 0.6) is 0 Å². The van der Waals surface area contributed by atoms with Crippen LogP contribution in [0.4, 0.5) is 0 Å². The fraction of sp³-hybridized carbons (Fsp3) is 0.944. The second kappa shape index (κ2) is 11.3. The zero-order chi connectivity index (χ0) is 29.0. The Hall–Kier alpha value is -0.420. The molecule has 0 aliphatic heterocycles. The molecule has 4 nitrogen and oxygen atoms in total. The number of hydrogen-bond acceptors (Lipinski definition) is 4. The molecular formula is C36H64N2O2. The number of hydrogen-bond donors (Lipinski definition) is 3. The van der Waals surface area contributed by atoms with Gasteiger partial charge in [0.05, 0.1) is 12.7 Å². The number of fused-ring (bicyclic) bond motifs is 7. The van der Waals surface area contributed by atoms with Crippen molar-refractivity contribution in [2.75, 3.05) is 32.8 Å². The van der Waals surface area contributed by atoms with Gasteiger partial charge in [0.2, 0.25) is 0 Å². The average molecular weight is 557 g/mol. The summed E-state index contributed by atoms with van der Waals surface area (Å²) in [4.78, 5) is 0. The van der Waals surface area contributed by atoms with Gasteiger partial charge in [0.15, 0.2) is 0 Å². The first kappa shape index (κ1) is 31.0. The van der Waals surface area contributed by atoms with Gasteiger partial charge in [-0.15, -0.1) is 0 Å². The van der Waals surface area contributed by atoms with E-state index in [1.165, 1.54) is 63.4 Å². The van der Waals surface area contributed by atoms with E-state index in [-0.39, 0.29) is 11.5 Å². The Balaban J connectivity index is 1.36. The Bertz CT molecular complexity index is 918. The molecule has 4 N–H and O–H groups in total. The maximum atomic E-state index is 11.0. The number of allylic oxidation sites excluding steroid dienone is 1. The van der Waals surface area contributed by atoms with Gasteiger partial charge in [-0.25, -0.2) is 0 Å². The third-order valence-corrected chi connectivity index (χ3v) is 14.8. The molecule has 40 heavy (non-hydrogen) atoms. The predicted octanol–water partition coefficient (Wildman–Crippen LogP) is 7.35. The van der Waals surface area contributed by atoms with Gasteiger partial charge in [-0.05, 0) is 160 Å². The van der Waals surface area contributed by atoms with Crippen molar-refractivity contribution < 1.29 is 9.84 Å². The molecule has 0 aromatic rings. The topological polar surface area (TPSA) is 67.5 Å². The van der Waals surface area contributed by atoms with Crippen LogP contribution in [0.3, 0.4) is 0 Å². The lowest BCUT2D eigenvalue weighted by Crippen LogP contribution is -2.66. The Morgan fingerprint density at radius 3 is 2.35 bits per heavy atom. The molecule has 0 bridgehead atoms. The van der Waals surface area contributed by atoms with Crippen LogP contribution in [0.1, 0.15) is 119 Å². The Morgan fingerprint density at radius 1 is 0.875 bits per heavy atom. The minimum atomic E-state index is -0.145. The average Bonchev–Trinajstić information content (AvgIpc) is 3.29. The van der Waals surface area contributed by atoms with Gasteiger partial charge in [-0.3, -0.25) is 0 Å². The summed E-state index contributed by atoms with van der Waals surface area (Å²) in [6, 6.07) is 0. The summed E-state index contributed by atoms with van der Waals surface area (Å²) in [7, 11) is 0. The van der Waals surface area contributed by atoms with Crippen LogP contribution in [0.25, 0.3) is 0 Å². The third-order valence-electron chi connectivity index (χ3n) is 14.8. The van der Waals surface area contributed by atoms with Crippen LogP contribution < -0.4 is 11.1 Å². The normalized spacial score (nSPS) is 47.6. The van der Waals surface area contributed by atoms with E-state index in [1.54, 1.807) is 0 Å². The maximum absolute atomic E-state index is 11.0. The van der Waals surface area contributed by atoms with Crippen molar-refractivity contribution in [3.8, 4) is 0 Å². The van der Waals surface area contributed by atoms with Crippen LogP contribution >= 0.6 is 0 Å². The molecule has 0 radical (unpaired) electrons. The van der Waals surface area contributed by atoms with Gasteiger partial charge in [0.1, 0.15) is 0 Å². The molecule has 230 valence electrons. The third kappa shape index (κ3) is 4.69. The fourth-order valence-electron chi connectivity index (χ4n) is 12.5. The molecule has 5 rings (SSSR count). The summed E-state index contributed by atoms with van der Waals surface area (Å²) in [5.41, 5.74) is 8.52. The summed E-state index contributed by atoms with van der Waals surface area (Å²) in [6.07, 6.45) is 14.9. The largest absolute Gasteiger partial charge is 0.393 e. The molecular weight excluding hydrogens is 492 g/mol. The van der Waals surface area contributed by atoms with E-state index in [4.69, 9.17) is 10.5 Å². The molecule has 0 unspecified atom stereocenters. The first-order valence-electron chi connectivity index (χ1n) is 17.2. The highest BCUT2D eigenvalue weighted by atomic mass is 16.5. The van der Waals surface area contributed by atoms with Crippen molar-refractivity contribution in [3.05, 3.63) is 12.2 Å². The van der Waals surface area contributed by atoms with Gasteiger partial charge in [-0.2, -0.15) is 0 Å². The Kier molecular flexibility index (Phi) is 8.73. The molecule has 5 aliphatic rings. The second-order valence-corrected chi connectivity index (χ2v) is 16.7. The van der Waals surface area contributed by atoms with Crippen molar-refractivity contribution in [3.63, 3.8) is 0 Å². The van der Waals surface area contributed by atoms with E-state index < -0.39 is 0 Å². The lowest BCUT2D eigenvalue weighted by molar-refractivity contribution is -0.250. The molecule has 0 aromatic heterocycles. The Labute approximate surface area is 247 Å². The Morgan fingerprint density at radius 2 is 1.62 bits per heavy atom. The predicted molar refractivity (Wildman–Crippen MR) is 167 cm³/mol. The van der Waals surface area contributed by atoms with Crippen LogP contribution in [-0.2, 0) is 4.74 Å². The molecule has 0 spiro atoms. The summed E-state index contributed by atoms with van der Waals surface area (Å²) < 4.78 is 6.56. The molecule has 5 fully saturated rings. The molecule has 10 atom stereocenters. The first-order chi connectivity index (χ1) is 18.9. The van der Waals surface area contributed by atoms with E-state index >= 15 is 0 Å². The number of nitrogens with one attached hydrogen (secondary N) is 1. The van der Waals surface area contributed by atoms with Crippen molar-refractivity contribution >= 4 is 0 Å². The lowest BCUT2D eigenvalue weighted by atomic mass is 9.32. The molecule has 5 saturated carbocycles. The zero-order valence-corrected chi connectivity index (χ0v) is 27.1. The molecule has 0 aromatic carbocycles. The van der Waals surface area contributed by atoms with Crippen molar-refractivity contribution in [1.29, 1.82) is 0 Å². The van der Waals surface area contributed by atoms with E-state index in [1.807, 2.05) is 0 Å². The number of nitrogens with two attached hydrogens (primary N) is 1. The zero-order valence-electron chi connectivity index (χ0n) is 27.1. The highest BCUT2D eigenvalue weighted by Crippen LogP contribution is 2.77. The highest BCUT2D eigenvalue weighted by Gasteiger charge is 2.70. The molecule has 4 heteroatoms. The first-order valence-corrected chi connectivity index (χ1v) is 17.2. The number of ether oxygens (including phenoxy) is 1. The quantitative estimate of drug-likeness (QED) is 0.194. The van der Waals surface area contributed by atoms with E-state index in [0.717, 1.165) is 69.9 Å². The SMILES string of the molecule is C=C(C)[C@@H]1CC[C@]2(COCCCNCCCN)CC[C@]3(C)[C@H](CC[C@@H]4[C@@]5(C)CC[C@H](O)C(C)(C)[C@@H]5CC[C@]43C)[C@@H]12. The standard InChI is InChI=1S/C36H64N2O2/c1-25(2)26-12-17-36(24-40-23-9-22-38-21-8-20-37)19-18-34(6)27(31(26)36)10-11-29-33(5)15-14-30(39)32(3,4)28(33)13-16-35(29,34)7/h26-31,38-39H,1,8-24,37H2,2-7H3/t26-,27+,28-,29+,30-,31+,33-,34+,35+,36+/m0/s1. The summed E-state index contributed by atoms with van der Waals surface area (Å²) >= 11 is 0. The van der Waals surface area contributed by atoms with Gasteiger partial charge in [-0.1, -0.05) is 46.8 Å². The second-order valence-electron chi connectivity index (χ2n) is 16.7. The molecule has 0 amide bonds. The van der Waals surface area contributed by atoms with Crippen LogP contribution in [0.15, 0.2) is 12.2 Å². The van der Waals surface area contributed by atoms with Gasteiger partial charge in [0, 0.05) is 6.61 Å². The summed E-state index contributed by atoms with van der Waals surface area (Å²) in [5.74, 6) is 3.56. The van der Waals surface area contributed by atoms with Gasteiger partial charge in [0.25, 0.3) is 0 Å². The molecule has 5 aliphatic carbocycles. The van der Waals surface area contributed by atoms with Crippen molar-refractivity contribution in [2.24, 2.45) is 62.4 Å². The number of rotatable bonds is 10. The number of aliphatic hydroxyl groups is 1. The monoisotopic (exact) mass is 556 g/mol. The summed E-state index contributed by atoms with van der Waals surface area (Å²) in [5, 5.41) is 14.5. The minimum absolute atomic E-state index is 0.0293.